The van der Waals surface area contributed by atoms with E-state index in [0.29, 0.717) is 63.1 Å². The number of halogens is 1. The number of nitrogens with zero attached hydrogens (tertiary/aromatic N) is 3. The molecule has 2 aliphatic heterocycles. The maximum absolute atomic E-state index is 15.4. The summed E-state index contributed by atoms with van der Waals surface area (Å²) >= 11 is 0. The van der Waals surface area contributed by atoms with Crippen molar-refractivity contribution >= 4 is 40.6 Å². The van der Waals surface area contributed by atoms with Crippen molar-refractivity contribution in [3.05, 3.63) is 169 Å². The summed E-state index contributed by atoms with van der Waals surface area (Å²) in [5, 5.41) is 18.3. The van der Waals surface area contributed by atoms with Crippen LogP contribution in [0.2, 0.25) is 0 Å². The van der Waals surface area contributed by atoms with Gasteiger partial charge in [0.2, 0.25) is 11.8 Å². The number of ether oxygens (including phenoxy) is 4. The number of hydrogen-bond donors (Lipinski definition) is 3. The van der Waals surface area contributed by atoms with E-state index in [0.717, 1.165) is 38.8 Å². The summed E-state index contributed by atoms with van der Waals surface area (Å²) in [6.07, 6.45) is 0.332. The fourth-order valence-electron chi connectivity index (χ4n) is 11.6. The van der Waals surface area contributed by atoms with Gasteiger partial charge < -0.3 is 39.3 Å². The maximum atomic E-state index is 15.4. The molecule has 79 heavy (non-hydrogen) atoms. The van der Waals surface area contributed by atoms with E-state index in [1.807, 2.05) is 50.2 Å². The van der Waals surface area contributed by atoms with Crippen LogP contribution in [0.5, 0.6) is 0 Å². The van der Waals surface area contributed by atoms with Crippen LogP contribution >= 0.6 is 0 Å². The molecule has 2 aliphatic carbocycles. The van der Waals surface area contributed by atoms with Gasteiger partial charge in [0.1, 0.15) is 50.3 Å². The van der Waals surface area contributed by atoms with Crippen LogP contribution in [-0.2, 0) is 76.3 Å². The van der Waals surface area contributed by atoms with Crippen molar-refractivity contribution in [1.82, 2.24) is 25.1 Å². The van der Waals surface area contributed by atoms with E-state index >= 15 is 4.39 Å². The number of aromatic nitrogens is 2. The van der Waals surface area contributed by atoms with Gasteiger partial charge in [-0.3, -0.25) is 28.9 Å². The van der Waals surface area contributed by atoms with Gasteiger partial charge in [-0.1, -0.05) is 100 Å². The Morgan fingerprint density at radius 3 is 2.32 bits per heavy atom. The normalized spacial score (nSPS) is 17.4. The number of carbonyl (C=O) groups excluding carboxylic acids is 5. The Morgan fingerprint density at radius 1 is 0.949 bits per heavy atom. The van der Waals surface area contributed by atoms with Gasteiger partial charge in [-0.15, -0.1) is 0 Å². The lowest BCUT2D eigenvalue weighted by molar-refractivity contribution is -0.148. The smallest absolute Gasteiger partial charge is 0.411 e. The molecule has 10 rings (SSSR count). The third-order valence-electron chi connectivity index (χ3n) is 16.2. The number of rotatable bonds is 18. The third kappa shape index (κ3) is 10.3. The van der Waals surface area contributed by atoms with Crippen LogP contribution in [0, 0.1) is 24.6 Å². The first-order chi connectivity index (χ1) is 37.9. The fourth-order valence-corrected chi connectivity index (χ4v) is 11.6. The molecule has 0 saturated heterocycles. The van der Waals surface area contributed by atoms with E-state index in [9.17, 15) is 33.9 Å². The molecule has 2 aromatic heterocycles. The van der Waals surface area contributed by atoms with Crippen LogP contribution in [-0.4, -0.2) is 82.3 Å². The zero-order valence-corrected chi connectivity index (χ0v) is 45.2. The van der Waals surface area contributed by atoms with Crippen molar-refractivity contribution in [3.8, 4) is 22.5 Å². The molecule has 6 aromatic rings. The molecule has 0 unspecified atom stereocenters. The minimum Gasteiger partial charge on any atom is -0.490 e. The Morgan fingerprint density at radius 2 is 1.63 bits per heavy atom. The number of ketones is 1. The maximum Gasteiger partial charge on any atom is 0.411 e. The summed E-state index contributed by atoms with van der Waals surface area (Å²) in [6, 6.07) is 24.9. The highest BCUT2D eigenvalue weighted by Crippen LogP contribution is 2.48. The van der Waals surface area contributed by atoms with E-state index < -0.39 is 59.9 Å². The lowest BCUT2D eigenvalue weighted by Gasteiger charge is -2.35. The predicted molar refractivity (Wildman–Crippen MR) is 292 cm³/mol. The second-order valence-corrected chi connectivity index (χ2v) is 21.5. The van der Waals surface area contributed by atoms with E-state index in [4.69, 9.17) is 23.9 Å². The summed E-state index contributed by atoms with van der Waals surface area (Å²) in [6.45, 7) is 12.3. The monoisotopic (exact) mass is 1070 g/mol. The molecular formula is C62H64FN5O11. The number of benzene rings is 4. The minimum absolute atomic E-state index is 0.0338. The van der Waals surface area contributed by atoms with Crippen LogP contribution < -0.4 is 16.2 Å². The second-order valence-electron chi connectivity index (χ2n) is 21.5. The van der Waals surface area contributed by atoms with Gasteiger partial charge in [0.05, 0.1) is 53.4 Å². The topological polar surface area (TPSA) is 205 Å². The molecule has 410 valence electrons. The Hall–Kier alpha value is -8.02. The van der Waals surface area contributed by atoms with Gasteiger partial charge in [-0.25, -0.2) is 14.2 Å². The Labute approximate surface area is 456 Å². The average Bonchev–Trinajstić information content (AvgIpc) is 3.87. The molecule has 0 saturated carbocycles. The highest BCUT2D eigenvalue weighted by atomic mass is 19.1. The number of fused-ring (bicyclic) bond motifs is 8. The van der Waals surface area contributed by atoms with Crippen molar-refractivity contribution in [3.63, 3.8) is 0 Å². The number of Topliss-reactive ketones (excluding diaryl/α,β-unsaturated/α-hetero) is 1. The molecule has 4 heterocycles. The number of aliphatic hydroxyl groups is 1. The predicted octanol–water partition coefficient (Wildman–Crippen LogP) is 8.49. The molecule has 4 aromatic carbocycles. The van der Waals surface area contributed by atoms with E-state index in [1.54, 1.807) is 55.7 Å². The quantitative estimate of drug-likeness (QED) is 0.0547. The van der Waals surface area contributed by atoms with Crippen molar-refractivity contribution < 1.29 is 52.4 Å². The number of amides is 3. The highest BCUT2D eigenvalue weighted by Gasteiger charge is 2.43. The summed E-state index contributed by atoms with van der Waals surface area (Å²) < 4.78 is 39.6. The highest BCUT2D eigenvalue weighted by molar-refractivity contribution is 5.94. The van der Waals surface area contributed by atoms with Crippen LogP contribution in [0.1, 0.15) is 115 Å². The van der Waals surface area contributed by atoms with Crippen LogP contribution in [0.4, 0.5) is 9.18 Å². The molecule has 0 fully saturated rings. The zero-order valence-electron chi connectivity index (χ0n) is 45.2. The van der Waals surface area contributed by atoms with E-state index in [1.165, 1.54) is 18.0 Å². The molecule has 0 radical (unpaired) electrons. The summed E-state index contributed by atoms with van der Waals surface area (Å²) in [5.74, 6) is -2.82. The zero-order chi connectivity index (χ0) is 56.0. The first-order valence-corrected chi connectivity index (χ1v) is 26.8. The molecule has 3 N–H and O–H groups in total. The number of esters is 1. The second kappa shape index (κ2) is 22.0. The van der Waals surface area contributed by atoms with Crippen molar-refractivity contribution in [2.75, 3.05) is 27.0 Å². The summed E-state index contributed by atoms with van der Waals surface area (Å²) in [4.78, 5) is 86.7. The Bertz CT molecular complexity index is 3490. The summed E-state index contributed by atoms with van der Waals surface area (Å²) in [7, 11) is 1.47. The first kappa shape index (κ1) is 54.3. The van der Waals surface area contributed by atoms with Crippen LogP contribution in [0.15, 0.2) is 102 Å². The molecule has 16 nitrogen and oxygen atoms in total. The number of carbonyl (C=O) groups is 5. The minimum atomic E-state index is -1.59. The molecule has 4 aliphatic rings. The standard InChI is InChI=1S/C62H64FN5O11/c1-8-62(75)36(6)77-30-47-48(62)25-52-58-45(27-68(52)60(47)73)57-50(22-21-39-34(4)49(63)26-51(66-58)56(39)57)65-54(70)31-76-32-67(7)61(74)79-28-38-19-17-37(18-20-38)23-53(69)35(5)64-59(72)44(33(2)3)24-55(71)78-29-46-42-15-11-9-13-40(42)41-14-10-12-16-43(41)46/h9-20,25-26,33,35,44,46,50,75H,6,8,21-24,27-32H2,1-5,7H3,(H,64,72)(H,65,70)/t35-,44-,50-,62+/m0/s1. The van der Waals surface area contributed by atoms with Gasteiger partial charge in [0, 0.05) is 42.0 Å². The first-order valence-electron chi connectivity index (χ1n) is 26.8. The van der Waals surface area contributed by atoms with Gasteiger partial charge in [0.25, 0.3) is 5.56 Å². The van der Waals surface area contributed by atoms with Gasteiger partial charge in [0.15, 0.2) is 5.78 Å². The number of pyridine rings is 2. The summed E-state index contributed by atoms with van der Waals surface area (Å²) in [5.41, 5.74) is 8.65. The van der Waals surface area contributed by atoms with Gasteiger partial charge in [-0.05, 0) is 95.2 Å². The van der Waals surface area contributed by atoms with Crippen LogP contribution in [0.3, 0.4) is 0 Å². The molecule has 4 atom stereocenters. The molecule has 3 amide bonds. The number of nitrogens with one attached hydrogen (secondary N) is 2. The van der Waals surface area contributed by atoms with E-state index in [-0.39, 0.29) is 81.3 Å². The van der Waals surface area contributed by atoms with Crippen molar-refractivity contribution in [1.29, 1.82) is 0 Å². The van der Waals surface area contributed by atoms with Gasteiger partial charge in [-0.2, -0.15) is 0 Å². The fraction of sp³-hybridized carbons (Fsp3) is 0.371. The van der Waals surface area contributed by atoms with Gasteiger partial charge >= 0.3 is 12.1 Å². The molecule has 17 heteroatoms. The largest absolute Gasteiger partial charge is 0.490 e. The van der Waals surface area contributed by atoms with E-state index in [2.05, 4.69) is 29.3 Å². The third-order valence-corrected chi connectivity index (χ3v) is 16.2. The molecular weight excluding hydrogens is 1010 g/mol. The van der Waals surface area contributed by atoms with Crippen molar-refractivity contribution in [2.24, 2.45) is 11.8 Å². The Kier molecular flexibility index (Phi) is 15.1. The number of aryl methyl sites for hydroxylation is 1. The van der Waals surface area contributed by atoms with Crippen molar-refractivity contribution in [2.45, 2.75) is 110 Å². The lowest BCUT2D eigenvalue weighted by Crippen LogP contribution is -2.44. The number of hydrogen-bond acceptors (Lipinski definition) is 12. The average molecular weight is 1070 g/mol. The lowest BCUT2D eigenvalue weighted by atomic mass is 9.81. The SMILES string of the molecule is C=C1OCc2c(cc3n(c2=O)Cc2c-3nc3cc(F)c(C)c4c3c2[C@@H](NC(=O)COCN(C)C(=O)OCc2ccc(CC(=O)[C@H](C)NC(=O)[C@@H](CC(=O)OCC3c5ccccc5-c5ccccc53)C(C)C)cc2)CC4)[C@@]1(O)CC. The molecule has 0 spiro atoms. The Balaban J connectivity index is 0.691. The molecule has 0 bridgehead atoms. The van der Waals surface area contributed by atoms with Crippen LogP contribution in [0.25, 0.3) is 33.4 Å².